The predicted molar refractivity (Wildman–Crippen MR) is 60.5 cm³/mol. The average molecular weight is 365 g/mol. The second kappa shape index (κ2) is 4.28. The summed E-state index contributed by atoms with van der Waals surface area (Å²) >= 11 is 6.93. The number of anilines is 1. The van der Waals surface area contributed by atoms with Gasteiger partial charge >= 0.3 is 12.1 Å². The fraction of sp³-hybridized carbons (Fsp3) is 0.125. The molecule has 0 radical (unpaired) electrons. The summed E-state index contributed by atoms with van der Waals surface area (Å²) in [6, 6.07) is 0.433. The van der Waals surface area contributed by atoms with E-state index in [9.17, 15) is 18.0 Å². The second-order valence-corrected chi connectivity index (χ2v) is 4.27. The molecule has 0 aliphatic heterocycles. The molecule has 1 aromatic carbocycles. The molecular formula is C8H4ClF3INO2. The molecule has 0 saturated carbocycles. The van der Waals surface area contributed by atoms with E-state index in [1.807, 2.05) is 0 Å². The summed E-state index contributed by atoms with van der Waals surface area (Å²) in [5, 5.41) is 8.09. The number of halogens is 5. The molecule has 3 N–H and O–H groups in total. The van der Waals surface area contributed by atoms with Gasteiger partial charge in [-0.25, -0.2) is 4.79 Å². The van der Waals surface area contributed by atoms with Gasteiger partial charge in [0.25, 0.3) is 0 Å². The lowest BCUT2D eigenvalue weighted by Gasteiger charge is -2.13. The molecule has 0 aromatic heterocycles. The minimum absolute atomic E-state index is 0.119. The minimum Gasteiger partial charge on any atom is -0.478 e. The third kappa shape index (κ3) is 2.34. The Morgan fingerprint density at radius 2 is 2.00 bits per heavy atom. The molecule has 88 valence electrons. The maximum atomic E-state index is 12.5. The number of carbonyl (C=O) groups is 1. The Bertz CT molecular complexity index is 462. The average Bonchev–Trinajstić information content (AvgIpc) is 2.11. The van der Waals surface area contributed by atoms with Gasteiger partial charge in [-0.2, -0.15) is 13.2 Å². The van der Waals surface area contributed by atoms with Crippen molar-refractivity contribution in [3.05, 3.63) is 25.8 Å². The van der Waals surface area contributed by atoms with Gasteiger partial charge < -0.3 is 10.8 Å². The van der Waals surface area contributed by atoms with Crippen molar-refractivity contribution in [3.63, 3.8) is 0 Å². The van der Waals surface area contributed by atoms with Crippen LogP contribution in [-0.4, -0.2) is 11.1 Å². The van der Waals surface area contributed by atoms with Crippen molar-refractivity contribution in [1.29, 1.82) is 0 Å². The van der Waals surface area contributed by atoms with E-state index in [4.69, 9.17) is 22.4 Å². The smallest absolute Gasteiger partial charge is 0.417 e. The number of nitrogen functional groups attached to an aromatic ring is 1. The Labute approximate surface area is 107 Å². The second-order valence-electron chi connectivity index (χ2n) is 2.82. The van der Waals surface area contributed by atoms with Crippen LogP contribution in [0.1, 0.15) is 15.9 Å². The monoisotopic (exact) mass is 365 g/mol. The van der Waals surface area contributed by atoms with Crippen molar-refractivity contribution >= 4 is 45.8 Å². The van der Waals surface area contributed by atoms with Crippen molar-refractivity contribution in [2.24, 2.45) is 0 Å². The summed E-state index contributed by atoms with van der Waals surface area (Å²) in [5.41, 5.74) is 3.27. The van der Waals surface area contributed by atoms with Crippen LogP contribution < -0.4 is 5.73 Å². The first kappa shape index (κ1) is 13.4. The van der Waals surface area contributed by atoms with Crippen LogP contribution >= 0.6 is 34.2 Å². The van der Waals surface area contributed by atoms with Gasteiger partial charge in [-0.15, -0.1) is 0 Å². The Kier molecular flexibility index (Phi) is 3.58. The highest BCUT2D eigenvalue weighted by Crippen LogP contribution is 2.40. The predicted octanol–water partition coefficient (Wildman–Crippen LogP) is 3.24. The van der Waals surface area contributed by atoms with Crippen LogP contribution in [0, 0.1) is 3.57 Å². The Morgan fingerprint density at radius 3 is 2.38 bits per heavy atom. The van der Waals surface area contributed by atoms with Gasteiger partial charge in [0.2, 0.25) is 0 Å². The number of carboxylic acids is 1. The normalized spacial score (nSPS) is 11.6. The van der Waals surface area contributed by atoms with E-state index in [0.29, 0.717) is 6.07 Å². The molecule has 8 heteroatoms. The summed E-state index contributed by atoms with van der Waals surface area (Å²) in [6.07, 6.45) is -4.71. The standard InChI is InChI=1S/C8H4ClF3INO2/c9-4-3(8(10,11)12)1-2(7(15)16)6(14)5(4)13/h1H,14H2,(H,15,16). The van der Waals surface area contributed by atoms with Gasteiger partial charge in [-0.3, -0.25) is 0 Å². The van der Waals surface area contributed by atoms with Crippen molar-refractivity contribution < 1.29 is 23.1 Å². The quantitative estimate of drug-likeness (QED) is 0.593. The molecule has 0 aliphatic carbocycles. The van der Waals surface area contributed by atoms with Gasteiger partial charge in [-0.05, 0) is 28.7 Å². The van der Waals surface area contributed by atoms with Crippen LogP contribution in [0.4, 0.5) is 18.9 Å². The van der Waals surface area contributed by atoms with Crippen molar-refractivity contribution in [1.82, 2.24) is 0 Å². The van der Waals surface area contributed by atoms with Crippen molar-refractivity contribution in [3.8, 4) is 0 Å². The topological polar surface area (TPSA) is 63.3 Å². The van der Waals surface area contributed by atoms with Gasteiger partial charge in [0.15, 0.2) is 0 Å². The molecule has 0 atom stereocenters. The number of aromatic carboxylic acids is 1. The Balaban J connectivity index is 3.61. The van der Waals surface area contributed by atoms with E-state index in [-0.39, 0.29) is 9.26 Å². The number of alkyl halides is 3. The van der Waals surface area contributed by atoms with Gasteiger partial charge in [0.1, 0.15) is 0 Å². The summed E-state index contributed by atoms with van der Waals surface area (Å²) < 4.78 is 37.3. The minimum atomic E-state index is -4.71. The van der Waals surface area contributed by atoms with E-state index in [2.05, 4.69) is 0 Å². The molecule has 0 unspecified atom stereocenters. The van der Waals surface area contributed by atoms with Crippen LogP contribution in [-0.2, 0) is 6.18 Å². The fourth-order valence-electron chi connectivity index (χ4n) is 1.02. The van der Waals surface area contributed by atoms with Crippen molar-refractivity contribution in [2.45, 2.75) is 6.18 Å². The highest BCUT2D eigenvalue weighted by atomic mass is 127. The van der Waals surface area contributed by atoms with Crippen molar-refractivity contribution in [2.75, 3.05) is 5.73 Å². The zero-order valence-corrected chi connectivity index (χ0v) is 10.3. The molecule has 0 aliphatic rings. The highest BCUT2D eigenvalue weighted by molar-refractivity contribution is 14.1. The lowest BCUT2D eigenvalue weighted by molar-refractivity contribution is -0.137. The molecule has 0 amide bonds. The Hall–Kier alpha value is -0.700. The molecule has 3 nitrogen and oxygen atoms in total. The molecule has 0 spiro atoms. The number of nitrogens with two attached hydrogens (primary N) is 1. The number of hydrogen-bond donors (Lipinski definition) is 2. The fourth-order valence-corrected chi connectivity index (χ4v) is 1.87. The van der Waals surface area contributed by atoms with Crippen LogP contribution in [0.2, 0.25) is 5.02 Å². The number of rotatable bonds is 1. The molecule has 0 bridgehead atoms. The van der Waals surface area contributed by atoms with Crippen LogP contribution in [0.25, 0.3) is 0 Å². The molecule has 1 aromatic rings. The summed E-state index contributed by atoms with van der Waals surface area (Å²) in [5.74, 6) is -1.53. The zero-order valence-electron chi connectivity index (χ0n) is 7.40. The SMILES string of the molecule is Nc1c(C(=O)O)cc(C(F)(F)F)c(Cl)c1I. The lowest BCUT2D eigenvalue weighted by Crippen LogP contribution is -2.12. The summed E-state index contributed by atoms with van der Waals surface area (Å²) in [7, 11) is 0. The van der Waals surface area contributed by atoms with Gasteiger partial charge in [-0.1, -0.05) is 11.6 Å². The third-order valence-electron chi connectivity index (χ3n) is 1.78. The van der Waals surface area contributed by atoms with Gasteiger partial charge in [0.05, 0.1) is 25.4 Å². The van der Waals surface area contributed by atoms with Crippen LogP contribution in [0.5, 0.6) is 0 Å². The molecule has 0 saturated heterocycles. The maximum absolute atomic E-state index is 12.5. The number of hydrogen-bond acceptors (Lipinski definition) is 2. The van der Waals surface area contributed by atoms with Gasteiger partial charge in [0, 0.05) is 0 Å². The third-order valence-corrected chi connectivity index (χ3v) is 3.61. The highest BCUT2D eigenvalue weighted by Gasteiger charge is 2.36. The Morgan fingerprint density at radius 1 is 1.50 bits per heavy atom. The first-order valence-corrected chi connectivity index (χ1v) is 5.20. The van der Waals surface area contributed by atoms with E-state index >= 15 is 0 Å². The molecular weight excluding hydrogens is 361 g/mol. The maximum Gasteiger partial charge on any atom is 0.417 e. The lowest BCUT2D eigenvalue weighted by atomic mass is 10.1. The summed E-state index contributed by atoms with van der Waals surface area (Å²) in [6.45, 7) is 0. The van der Waals surface area contributed by atoms with Crippen LogP contribution in [0.15, 0.2) is 6.07 Å². The largest absolute Gasteiger partial charge is 0.478 e. The molecule has 16 heavy (non-hydrogen) atoms. The van der Waals surface area contributed by atoms with E-state index in [0.717, 1.165) is 0 Å². The first-order valence-electron chi connectivity index (χ1n) is 3.74. The molecule has 0 fully saturated rings. The number of carboxylic acid groups (broad SMARTS) is 1. The zero-order chi connectivity index (χ0) is 12.7. The molecule has 1 rings (SSSR count). The number of benzene rings is 1. The van der Waals surface area contributed by atoms with E-state index in [1.54, 1.807) is 0 Å². The molecule has 0 heterocycles. The van der Waals surface area contributed by atoms with E-state index in [1.165, 1.54) is 22.6 Å². The van der Waals surface area contributed by atoms with Crippen LogP contribution in [0.3, 0.4) is 0 Å². The first-order chi connectivity index (χ1) is 7.16. The summed E-state index contributed by atoms with van der Waals surface area (Å²) in [4.78, 5) is 10.7. The van der Waals surface area contributed by atoms with E-state index < -0.39 is 28.3 Å².